The zero-order chi connectivity index (χ0) is 12.0. The minimum absolute atomic E-state index is 0.0894. The number of carbonyl (C=O) groups is 1. The maximum absolute atomic E-state index is 10.5. The average Bonchev–Trinajstić information content (AvgIpc) is 2.22. The van der Waals surface area contributed by atoms with E-state index in [1.54, 1.807) is 12.1 Å². The lowest BCUT2D eigenvalue weighted by atomic mass is 10.1. The van der Waals surface area contributed by atoms with Crippen LogP contribution in [-0.4, -0.2) is 15.5 Å². The Hall–Kier alpha value is -1.22. The van der Waals surface area contributed by atoms with Gasteiger partial charge in [-0.25, -0.2) is 0 Å². The molecule has 0 bridgehead atoms. The number of aromatic hydroxyl groups is 2. The number of hydrogen-bond acceptors (Lipinski definition) is 3. The number of phenolic OH excluding ortho intramolecular Hbond substituents is 2. The quantitative estimate of drug-likeness (QED) is 0.458. The first-order valence-electron chi connectivity index (χ1n) is 5.29. The van der Waals surface area contributed by atoms with Gasteiger partial charge in [-0.1, -0.05) is 12.5 Å². The van der Waals surface area contributed by atoms with Crippen molar-refractivity contribution in [2.45, 2.75) is 32.1 Å². The second-order valence-corrected chi connectivity index (χ2v) is 4.16. The summed E-state index contributed by atoms with van der Waals surface area (Å²) in [4.78, 5) is 10.5. The molecule has 2 N–H and O–H groups in total. The van der Waals surface area contributed by atoms with Crippen molar-refractivity contribution < 1.29 is 15.0 Å². The van der Waals surface area contributed by atoms with Crippen LogP contribution < -0.4 is 0 Å². The van der Waals surface area contributed by atoms with Crippen LogP contribution >= 0.6 is 11.6 Å². The van der Waals surface area contributed by atoms with Crippen molar-refractivity contribution in [2.24, 2.45) is 0 Å². The summed E-state index contributed by atoms with van der Waals surface area (Å²) in [5.74, 6) is -0.190. The highest BCUT2D eigenvalue weighted by molar-refractivity contribution is 6.63. The molecule has 3 nitrogen and oxygen atoms in total. The summed E-state index contributed by atoms with van der Waals surface area (Å²) in [5, 5.41) is 18.1. The molecule has 0 heterocycles. The second-order valence-electron chi connectivity index (χ2n) is 3.74. The van der Waals surface area contributed by atoms with Gasteiger partial charge in [-0.2, -0.15) is 0 Å². The highest BCUT2D eigenvalue weighted by Crippen LogP contribution is 2.25. The zero-order valence-corrected chi connectivity index (χ0v) is 9.70. The van der Waals surface area contributed by atoms with E-state index in [1.807, 2.05) is 0 Å². The molecule has 0 saturated carbocycles. The summed E-state index contributed by atoms with van der Waals surface area (Å²) in [7, 11) is 0. The van der Waals surface area contributed by atoms with Crippen molar-refractivity contribution in [2.75, 3.05) is 0 Å². The number of phenols is 2. The van der Waals surface area contributed by atoms with Gasteiger partial charge in [0.15, 0.2) is 11.5 Å². The fourth-order valence-corrected chi connectivity index (χ4v) is 1.63. The Morgan fingerprint density at radius 3 is 2.50 bits per heavy atom. The van der Waals surface area contributed by atoms with Crippen LogP contribution in [0, 0.1) is 0 Å². The van der Waals surface area contributed by atoms with E-state index in [2.05, 4.69) is 0 Å². The maximum Gasteiger partial charge on any atom is 0.221 e. The van der Waals surface area contributed by atoms with Crippen LogP contribution in [0.5, 0.6) is 11.5 Å². The van der Waals surface area contributed by atoms with Crippen LogP contribution in [0.1, 0.15) is 31.2 Å². The van der Waals surface area contributed by atoms with Crippen molar-refractivity contribution in [3.63, 3.8) is 0 Å². The molecule has 1 aromatic carbocycles. The monoisotopic (exact) mass is 242 g/mol. The van der Waals surface area contributed by atoms with Crippen molar-refractivity contribution >= 4 is 16.8 Å². The van der Waals surface area contributed by atoms with Crippen molar-refractivity contribution in [1.82, 2.24) is 0 Å². The zero-order valence-electron chi connectivity index (χ0n) is 8.95. The molecule has 0 aliphatic heterocycles. The van der Waals surface area contributed by atoms with Gasteiger partial charge in [0, 0.05) is 6.42 Å². The van der Waals surface area contributed by atoms with Gasteiger partial charge in [-0.3, -0.25) is 4.79 Å². The summed E-state index contributed by atoms with van der Waals surface area (Å²) < 4.78 is 0. The molecule has 4 heteroatoms. The molecule has 0 aromatic heterocycles. The minimum Gasteiger partial charge on any atom is -0.504 e. The van der Waals surface area contributed by atoms with Gasteiger partial charge in [-0.15, -0.1) is 0 Å². The molecule has 0 aliphatic rings. The van der Waals surface area contributed by atoms with E-state index in [4.69, 9.17) is 16.7 Å². The number of carbonyl (C=O) groups excluding carboxylic acids is 1. The number of hydrogen-bond donors (Lipinski definition) is 2. The van der Waals surface area contributed by atoms with Gasteiger partial charge in [0.25, 0.3) is 0 Å². The standard InChI is InChI=1S/C12H15ClO3/c13-12(16)5-3-1-2-4-9-6-7-10(14)11(15)8-9/h6-8,14-15H,1-5H2. The van der Waals surface area contributed by atoms with Crippen LogP contribution in [0.2, 0.25) is 0 Å². The molecule has 1 aromatic rings. The van der Waals surface area contributed by atoms with E-state index in [1.165, 1.54) is 6.07 Å². The Balaban J connectivity index is 2.27. The molecule has 0 saturated heterocycles. The molecule has 0 aliphatic carbocycles. The predicted molar refractivity (Wildman–Crippen MR) is 62.8 cm³/mol. The Morgan fingerprint density at radius 2 is 1.88 bits per heavy atom. The van der Waals surface area contributed by atoms with Crippen LogP contribution in [0.15, 0.2) is 18.2 Å². The van der Waals surface area contributed by atoms with Gasteiger partial charge < -0.3 is 10.2 Å². The van der Waals surface area contributed by atoms with Gasteiger partial charge >= 0.3 is 0 Å². The maximum atomic E-state index is 10.5. The lowest BCUT2D eigenvalue weighted by Crippen LogP contribution is -1.89. The summed E-state index contributed by atoms with van der Waals surface area (Å²) in [6, 6.07) is 4.82. The topological polar surface area (TPSA) is 57.5 Å². The molecule has 1 rings (SSSR count). The third-order valence-corrected chi connectivity index (χ3v) is 2.57. The Kier molecular flexibility index (Phi) is 5.12. The van der Waals surface area contributed by atoms with E-state index >= 15 is 0 Å². The summed E-state index contributed by atoms with van der Waals surface area (Å²) in [6.45, 7) is 0. The third-order valence-electron chi connectivity index (χ3n) is 2.38. The van der Waals surface area contributed by atoms with Crippen molar-refractivity contribution in [3.05, 3.63) is 23.8 Å². The molecular weight excluding hydrogens is 228 g/mol. The molecule has 0 unspecified atom stereocenters. The fraction of sp³-hybridized carbons (Fsp3) is 0.417. The van der Waals surface area contributed by atoms with Gasteiger partial charge in [0.05, 0.1) is 0 Å². The van der Waals surface area contributed by atoms with Crippen molar-refractivity contribution in [3.8, 4) is 11.5 Å². The second kappa shape index (κ2) is 6.38. The van der Waals surface area contributed by atoms with E-state index in [0.717, 1.165) is 31.2 Å². The molecule has 0 amide bonds. The Bertz CT molecular complexity index is 363. The molecule has 88 valence electrons. The number of rotatable bonds is 6. The normalized spacial score (nSPS) is 10.3. The van der Waals surface area contributed by atoms with E-state index in [-0.39, 0.29) is 16.7 Å². The molecule has 0 atom stereocenters. The molecule has 16 heavy (non-hydrogen) atoms. The molecule has 0 spiro atoms. The SMILES string of the molecule is O=C(Cl)CCCCCc1ccc(O)c(O)c1. The van der Waals surface area contributed by atoms with Gasteiger partial charge in [-0.05, 0) is 48.6 Å². The van der Waals surface area contributed by atoms with E-state index in [9.17, 15) is 9.90 Å². The summed E-state index contributed by atoms with van der Waals surface area (Å²) in [6.07, 6.45) is 3.91. The highest BCUT2D eigenvalue weighted by atomic mass is 35.5. The fourth-order valence-electron chi connectivity index (χ4n) is 1.49. The van der Waals surface area contributed by atoms with Crippen LogP contribution in [0.3, 0.4) is 0 Å². The first-order chi connectivity index (χ1) is 7.59. The third kappa shape index (κ3) is 4.53. The first kappa shape index (κ1) is 12.8. The van der Waals surface area contributed by atoms with Gasteiger partial charge in [0.2, 0.25) is 5.24 Å². The first-order valence-corrected chi connectivity index (χ1v) is 5.66. The van der Waals surface area contributed by atoms with Crippen LogP contribution in [0.4, 0.5) is 0 Å². The molecule has 0 fully saturated rings. The Morgan fingerprint density at radius 1 is 1.12 bits per heavy atom. The smallest absolute Gasteiger partial charge is 0.221 e. The number of aryl methyl sites for hydroxylation is 1. The number of benzene rings is 1. The largest absolute Gasteiger partial charge is 0.504 e. The van der Waals surface area contributed by atoms with E-state index < -0.39 is 0 Å². The summed E-state index contributed by atoms with van der Waals surface area (Å²) in [5.41, 5.74) is 0.979. The Labute approximate surface area is 99.7 Å². The van der Waals surface area contributed by atoms with Crippen LogP contribution in [0.25, 0.3) is 0 Å². The van der Waals surface area contributed by atoms with Gasteiger partial charge in [0.1, 0.15) is 0 Å². The lowest BCUT2D eigenvalue weighted by Gasteiger charge is -2.03. The van der Waals surface area contributed by atoms with Crippen molar-refractivity contribution in [1.29, 1.82) is 0 Å². The highest BCUT2D eigenvalue weighted by Gasteiger charge is 2.01. The number of unbranched alkanes of at least 4 members (excludes halogenated alkanes) is 2. The van der Waals surface area contributed by atoms with E-state index in [0.29, 0.717) is 6.42 Å². The summed E-state index contributed by atoms with van der Waals surface area (Å²) >= 11 is 5.21. The number of halogens is 1. The molecular formula is C12H15ClO3. The van der Waals surface area contributed by atoms with Crippen LogP contribution in [-0.2, 0) is 11.2 Å². The predicted octanol–water partition coefficient (Wildman–Crippen LogP) is 2.97. The minimum atomic E-state index is -0.290. The lowest BCUT2D eigenvalue weighted by molar-refractivity contribution is -0.111. The molecule has 0 radical (unpaired) electrons. The average molecular weight is 243 g/mol.